The van der Waals surface area contributed by atoms with Crippen LogP contribution in [0.5, 0.6) is 5.75 Å². The van der Waals surface area contributed by atoms with Crippen LogP contribution in [-0.2, 0) is 16.0 Å². The summed E-state index contributed by atoms with van der Waals surface area (Å²) in [6.45, 7) is 0.0373. The van der Waals surface area contributed by atoms with Crippen LogP contribution < -0.4 is 11.1 Å². The molecule has 0 fully saturated rings. The minimum absolute atomic E-state index is 0.0373. The minimum Gasteiger partial charge on any atom is -0.508 e. The van der Waals surface area contributed by atoms with E-state index in [2.05, 4.69) is 5.32 Å². The second-order valence-electron chi connectivity index (χ2n) is 4.41. The smallest absolute Gasteiger partial charge is 0.332 e. The summed E-state index contributed by atoms with van der Waals surface area (Å²) in [7, 11) is 0. The van der Waals surface area contributed by atoms with E-state index in [1.807, 2.05) is 0 Å². The minimum atomic E-state index is -1.50. The number of aromatic hydroxyl groups is 1. The Kier molecular flexibility index (Phi) is 5.95. The van der Waals surface area contributed by atoms with E-state index in [0.29, 0.717) is 6.42 Å². The van der Waals surface area contributed by atoms with E-state index in [0.717, 1.165) is 5.56 Å². The molecule has 20 heavy (non-hydrogen) atoms. The molecule has 0 saturated heterocycles. The molecule has 0 aliphatic heterocycles. The van der Waals surface area contributed by atoms with Crippen LogP contribution in [0.25, 0.3) is 0 Å². The Labute approximate surface area is 116 Å². The van der Waals surface area contributed by atoms with Gasteiger partial charge in [0.15, 0.2) is 6.10 Å². The molecule has 0 spiro atoms. The zero-order valence-corrected chi connectivity index (χ0v) is 10.8. The van der Waals surface area contributed by atoms with Crippen LogP contribution in [-0.4, -0.2) is 45.9 Å². The van der Waals surface area contributed by atoms with Gasteiger partial charge in [-0.15, -0.1) is 0 Å². The SMILES string of the molecule is N[C@H](Cc1ccc(O)cc1)C(=O)NCC[C@H](O)C(=O)O. The highest BCUT2D eigenvalue weighted by molar-refractivity contribution is 5.81. The maximum Gasteiger partial charge on any atom is 0.332 e. The number of carboxylic acid groups (broad SMARTS) is 1. The normalized spacial score (nSPS) is 13.5. The molecular weight excluding hydrogens is 264 g/mol. The summed E-state index contributed by atoms with van der Waals surface area (Å²) in [6.07, 6.45) is -1.27. The molecule has 0 bridgehead atoms. The number of nitrogens with one attached hydrogen (secondary N) is 1. The molecule has 0 unspecified atom stereocenters. The number of aliphatic hydroxyl groups excluding tert-OH is 1. The van der Waals surface area contributed by atoms with Crippen molar-refractivity contribution < 1.29 is 24.9 Å². The molecule has 0 aliphatic rings. The number of aliphatic carboxylic acids is 1. The highest BCUT2D eigenvalue weighted by Gasteiger charge is 2.16. The molecule has 1 aromatic rings. The summed E-state index contributed by atoms with van der Waals surface area (Å²) in [4.78, 5) is 22.0. The third kappa shape index (κ3) is 5.25. The molecule has 0 heterocycles. The Bertz CT molecular complexity index is 460. The summed E-state index contributed by atoms with van der Waals surface area (Å²) in [6, 6.07) is 5.56. The molecule has 0 aromatic heterocycles. The van der Waals surface area contributed by atoms with Gasteiger partial charge in [0.1, 0.15) is 5.75 Å². The molecule has 2 atom stereocenters. The number of aliphatic hydroxyl groups is 1. The van der Waals surface area contributed by atoms with Gasteiger partial charge in [-0.2, -0.15) is 0 Å². The van der Waals surface area contributed by atoms with E-state index >= 15 is 0 Å². The first-order valence-corrected chi connectivity index (χ1v) is 6.12. The van der Waals surface area contributed by atoms with Crippen molar-refractivity contribution in [2.24, 2.45) is 5.73 Å². The molecule has 7 heteroatoms. The fourth-order valence-corrected chi connectivity index (χ4v) is 1.57. The second-order valence-corrected chi connectivity index (χ2v) is 4.41. The average Bonchev–Trinajstić information content (AvgIpc) is 2.40. The quantitative estimate of drug-likeness (QED) is 0.445. The number of carbonyl (C=O) groups excluding carboxylic acids is 1. The van der Waals surface area contributed by atoms with Crippen LogP contribution in [0, 0.1) is 0 Å². The molecule has 1 aromatic carbocycles. The van der Waals surface area contributed by atoms with Gasteiger partial charge in [-0.1, -0.05) is 12.1 Å². The maximum atomic E-state index is 11.7. The van der Waals surface area contributed by atoms with E-state index in [1.165, 1.54) is 12.1 Å². The molecular formula is C13H18N2O5. The lowest BCUT2D eigenvalue weighted by Crippen LogP contribution is -2.43. The second kappa shape index (κ2) is 7.46. The molecule has 0 aliphatic carbocycles. The zero-order valence-electron chi connectivity index (χ0n) is 10.8. The maximum absolute atomic E-state index is 11.7. The van der Waals surface area contributed by atoms with Crippen LogP contribution >= 0.6 is 0 Å². The lowest BCUT2D eigenvalue weighted by atomic mass is 10.1. The largest absolute Gasteiger partial charge is 0.508 e. The molecule has 1 rings (SSSR count). The molecule has 110 valence electrons. The van der Waals surface area contributed by atoms with E-state index < -0.39 is 24.0 Å². The Morgan fingerprint density at radius 1 is 1.25 bits per heavy atom. The average molecular weight is 282 g/mol. The number of hydrogen-bond donors (Lipinski definition) is 5. The monoisotopic (exact) mass is 282 g/mol. The molecule has 0 saturated carbocycles. The zero-order chi connectivity index (χ0) is 15.1. The number of amides is 1. The number of phenols is 1. The van der Waals surface area contributed by atoms with E-state index in [9.17, 15) is 9.59 Å². The van der Waals surface area contributed by atoms with Crippen molar-refractivity contribution in [2.75, 3.05) is 6.54 Å². The highest BCUT2D eigenvalue weighted by Crippen LogP contribution is 2.10. The molecule has 1 amide bonds. The van der Waals surface area contributed by atoms with Crippen molar-refractivity contribution >= 4 is 11.9 Å². The van der Waals surface area contributed by atoms with Gasteiger partial charge >= 0.3 is 5.97 Å². The predicted molar refractivity (Wildman–Crippen MR) is 71.1 cm³/mol. The Balaban J connectivity index is 2.35. The number of hydrogen-bond acceptors (Lipinski definition) is 5. The van der Waals surface area contributed by atoms with Gasteiger partial charge in [0.2, 0.25) is 5.91 Å². The van der Waals surface area contributed by atoms with Gasteiger partial charge in [0.05, 0.1) is 6.04 Å². The summed E-state index contributed by atoms with van der Waals surface area (Å²) >= 11 is 0. The van der Waals surface area contributed by atoms with Crippen molar-refractivity contribution in [1.82, 2.24) is 5.32 Å². The van der Waals surface area contributed by atoms with Gasteiger partial charge in [-0.3, -0.25) is 4.79 Å². The number of benzene rings is 1. The van der Waals surface area contributed by atoms with Crippen molar-refractivity contribution in [2.45, 2.75) is 25.0 Å². The lowest BCUT2D eigenvalue weighted by molar-refractivity contribution is -0.147. The van der Waals surface area contributed by atoms with Gasteiger partial charge < -0.3 is 26.4 Å². The van der Waals surface area contributed by atoms with E-state index in [1.54, 1.807) is 12.1 Å². The van der Waals surface area contributed by atoms with E-state index in [4.69, 9.17) is 21.1 Å². The van der Waals surface area contributed by atoms with Gasteiger partial charge in [-0.25, -0.2) is 4.79 Å². The third-order valence-electron chi connectivity index (χ3n) is 2.73. The lowest BCUT2D eigenvalue weighted by Gasteiger charge is -2.13. The van der Waals surface area contributed by atoms with Crippen LogP contribution in [0.3, 0.4) is 0 Å². The van der Waals surface area contributed by atoms with Crippen LogP contribution in [0.4, 0.5) is 0 Å². The third-order valence-corrected chi connectivity index (χ3v) is 2.73. The highest BCUT2D eigenvalue weighted by atomic mass is 16.4. The fourth-order valence-electron chi connectivity index (χ4n) is 1.57. The summed E-state index contributed by atoms with van der Waals surface area (Å²) in [5, 5.41) is 29.1. The molecule has 7 nitrogen and oxygen atoms in total. The first-order chi connectivity index (χ1) is 9.40. The van der Waals surface area contributed by atoms with Crippen molar-refractivity contribution in [3.63, 3.8) is 0 Å². The summed E-state index contributed by atoms with van der Waals surface area (Å²) in [5.74, 6) is -1.61. The summed E-state index contributed by atoms with van der Waals surface area (Å²) < 4.78 is 0. The van der Waals surface area contributed by atoms with Crippen LogP contribution in [0.15, 0.2) is 24.3 Å². The predicted octanol–water partition coefficient (Wildman–Crippen LogP) is -0.786. The topological polar surface area (TPSA) is 133 Å². The number of carboxylic acids is 1. The number of carbonyl (C=O) groups is 2. The Hall–Kier alpha value is -2.12. The Morgan fingerprint density at radius 3 is 2.40 bits per heavy atom. The van der Waals surface area contributed by atoms with E-state index in [-0.39, 0.29) is 18.7 Å². The number of rotatable bonds is 7. The molecule has 6 N–H and O–H groups in total. The number of phenolic OH excluding ortho intramolecular Hbond substituents is 1. The van der Waals surface area contributed by atoms with Gasteiger partial charge in [-0.05, 0) is 24.1 Å². The van der Waals surface area contributed by atoms with Gasteiger partial charge in [0.25, 0.3) is 0 Å². The molecule has 0 radical (unpaired) electrons. The standard InChI is InChI=1S/C13H18N2O5/c14-10(7-8-1-3-9(16)4-2-8)12(18)15-6-5-11(17)13(19)20/h1-4,10-11,16-17H,5-7,14H2,(H,15,18)(H,19,20)/t10-,11+/m1/s1. The first kappa shape index (κ1) is 15.9. The Morgan fingerprint density at radius 2 is 1.85 bits per heavy atom. The summed E-state index contributed by atoms with van der Waals surface area (Å²) in [5.41, 5.74) is 6.51. The van der Waals surface area contributed by atoms with Crippen molar-refractivity contribution in [1.29, 1.82) is 0 Å². The van der Waals surface area contributed by atoms with Crippen molar-refractivity contribution in [3.8, 4) is 5.75 Å². The van der Waals surface area contributed by atoms with Crippen molar-refractivity contribution in [3.05, 3.63) is 29.8 Å². The fraction of sp³-hybridized carbons (Fsp3) is 0.385. The van der Waals surface area contributed by atoms with Crippen LogP contribution in [0.1, 0.15) is 12.0 Å². The first-order valence-electron chi connectivity index (χ1n) is 6.12. The van der Waals surface area contributed by atoms with Crippen LogP contribution in [0.2, 0.25) is 0 Å². The number of nitrogens with two attached hydrogens (primary N) is 1. The van der Waals surface area contributed by atoms with Gasteiger partial charge in [0, 0.05) is 13.0 Å².